The van der Waals surface area contributed by atoms with Crippen molar-refractivity contribution in [1.29, 1.82) is 0 Å². The maximum Gasteiger partial charge on any atom is 0.434 e. The molecule has 0 spiro atoms. The zero-order chi connectivity index (χ0) is 22.2. The lowest BCUT2D eigenvalue weighted by molar-refractivity contribution is -0.313. The fourth-order valence-electron chi connectivity index (χ4n) is 3.15. The first-order valence-corrected chi connectivity index (χ1v) is 10.9. The Bertz CT molecular complexity index is 393. The standard InChI is InChI=1S/C21H36F6O2/c1-2-3-4-5-6-7-8-9-10-11-12-13-14-15-16-17-18(28)29-19(20(22,23)24)21(25,26)27/h19H,2-17H2,1H3. The Morgan fingerprint density at radius 2 is 0.931 bits per heavy atom. The number of carbonyl (C=O) groups excluding carboxylic acids is 1. The van der Waals surface area contributed by atoms with E-state index in [1.807, 2.05) is 0 Å². The van der Waals surface area contributed by atoms with Gasteiger partial charge in [0.2, 0.25) is 0 Å². The minimum absolute atomic E-state index is 0.235. The van der Waals surface area contributed by atoms with Crippen molar-refractivity contribution in [3.8, 4) is 0 Å². The van der Waals surface area contributed by atoms with E-state index < -0.39 is 30.8 Å². The van der Waals surface area contributed by atoms with Gasteiger partial charge < -0.3 is 4.74 Å². The minimum Gasteiger partial charge on any atom is -0.443 e. The van der Waals surface area contributed by atoms with E-state index in [2.05, 4.69) is 11.7 Å². The van der Waals surface area contributed by atoms with Gasteiger partial charge in [-0.05, 0) is 6.42 Å². The highest BCUT2D eigenvalue weighted by atomic mass is 19.4. The number of ether oxygens (including phenoxy) is 1. The Balaban J connectivity index is 3.55. The second-order valence-corrected chi connectivity index (χ2v) is 7.65. The number of esters is 1. The molecule has 0 aliphatic rings. The van der Waals surface area contributed by atoms with Gasteiger partial charge in [0, 0.05) is 6.42 Å². The fourth-order valence-corrected chi connectivity index (χ4v) is 3.15. The van der Waals surface area contributed by atoms with Crippen LogP contribution in [-0.4, -0.2) is 24.4 Å². The van der Waals surface area contributed by atoms with E-state index in [1.165, 1.54) is 57.8 Å². The smallest absolute Gasteiger partial charge is 0.434 e. The molecule has 29 heavy (non-hydrogen) atoms. The largest absolute Gasteiger partial charge is 0.443 e. The van der Waals surface area contributed by atoms with Crippen LogP contribution in [0.5, 0.6) is 0 Å². The highest BCUT2D eigenvalue weighted by molar-refractivity contribution is 5.69. The molecule has 0 aromatic rings. The van der Waals surface area contributed by atoms with Crippen LogP contribution in [0, 0.1) is 0 Å². The van der Waals surface area contributed by atoms with Gasteiger partial charge >= 0.3 is 18.3 Å². The normalized spacial score (nSPS) is 12.6. The third kappa shape index (κ3) is 16.5. The molecule has 0 fully saturated rings. The van der Waals surface area contributed by atoms with Gasteiger partial charge in [-0.25, -0.2) is 0 Å². The molecule has 0 N–H and O–H groups in total. The molecule has 0 rings (SSSR count). The minimum atomic E-state index is -5.65. The van der Waals surface area contributed by atoms with E-state index >= 15 is 0 Å². The molecule has 0 amide bonds. The molecule has 0 aliphatic heterocycles. The van der Waals surface area contributed by atoms with Gasteiger partial charge in [-0.3, -0.25) is 4.79 Å². The molecule has 0 radical (unpaired) electrons. The molecular weight excluding hydrogens is 398 g/mol. The van der Waals surface area contributed by atoms with Crippen LogP contribution in [0.25, 0.3) is 0 Å². The molecule has 8 heteroatoms. The number of unbranched alkanes of at least 4 members (excludes halogenated alkanes) is 14. The quantitative estimate of drug-likeness (QED) is 0.131. The van der Waals surface area contributed by atoms with E-state index in [1.54, 1.807) is 0 Å². The summed E-state index contributed by atoms with van der Waals surface area (Å²) < 4.78 is 77.4. The van der Waals surface area contributed by atoms with Crippen LogP contribution in [0.3, 0.4) is 0 Å². The number of halogens is 6. The fraction of sp³-hybridized carbons (Fsp3) is 0.952. The van der Waals surface area contributed by atoms with Crippen molar-refractivity contribution in [1.82, 2.24) is 0 Å². The molecule has 0 atom stereocenters. The first-order valence-electron chi connectivity index (χ1n) is 10.9. The van der Waals surface area contributed by atoms with Gasteiger partial charge in [0.15, 0.2) is 0 Å². The van der Waals surface area contributed by atoms with Crippen LogP contribution in [0.1, 0.15) is 110 Å². The highest BCUT2D eigenvalue weighted by Gasteiger charge is 2.59. The van der Waals surface area contributed by atoms with Crippen molar-refractivity contribution in [2.75, 3.05) is 0 Å². The van der Waals surface area contributed by atoms with Gasteiger partial charge in [0.05, 0.1) is 0 Å². The van der Waals surface area contributed by atoms with Crippen LogP contribution >= 0.6 is 0 Å². The molecule has 0 heterocycles. The van der Waals surface area contributed by atoms with Crippen LogP contribution in [-0.2, 0) is 9.53 Å². The van der Waals surface area contributed by atoms with E-state index in [9.17, 15) is 31.1 Å². The molecule has 0 saturated heterocycles. The van der Waals surface area contributed by atoms with Gasteiger partial charge in [-0.15, -0.1) is 0 Å². The average Bonchev–Trinajstić information content (AvgIpc) is 2.61. The van der Waals surface area contributed by atoms with Gasteiger partial charge in [0.1, 0.15) is 0 Å². The maximum atomic E-state index is 12.3. The maximum absolute atomic E-state index is 12.3. The van der Waals surface area contributed by atoms with Crippen molar-refractivity contribution in [3.05, 3.63) is 0 Å². The third-order valence-electron chi connectivity index (χ3n) is 4.83. The van der Waals surface area contributed by atoms with Gasteiger partial charge in [0.25, 0.3) is 6.10 Å². The predicted molar refractivity (Wildman–Crippen MR) is 102 cm³/mol. The van der Waals surface area contributed by atoms with Crippen molar-refractivity contribution >= 4 is 5.97 Å². The lowest BCUT2D eigenvalue weighted by atomic mass is 10.0. The molecule has 0 aliphatic carbocycles. The second kappa shape index (κ2) is 15.8. The Morgan fingerprint density at radius 3 is 1.24 bits per heavy atom. The van der Waals surface area contributed by atoms with Crippen molar-refractivity contribution in [2.24, 2.45) is 0 Å². The second-order valence-electron chi connectivity index (χ2n) is 7.65. The zero-order valence-electron chi connectivity index (χ0n) is 17.5. The molecule has 2 nitrogen and oxygen atoms in total. The summed E-state index contributed by atoms with van der Waals surface area (Å²) in [6, 6.07) is 0. The van der Waals surface area contributed by atoms with Gasteiger partial charge in [-0.2, -0.15) is 26.3 Å². The van der Waals surface area contributed by atoms with Crippen molar-refractivity contribution in [2.45, 2.75) is 128 Å². The van der Waals surface area contributed by atoms with Crippen LogP contribution in [0.4, 0.5) is 26.3 Å². The summed E-state index contributed by atoms with van der Waals surface area (Å²) in [5.41, 5.74) is 0. The first kappa shape index (κ1) is 28.1. The van der Waals surface area contributed by atoms with E-state index in [0.717, 1.165) is 25.7 Å². The number of hydrogen-bond donors (Lipinski definition) is 0. The monoisotopic (exact) mass is 434 g/mol. The molecule has 0 unspecified atom stereocenters. The Labute approximate surface area is 170 Å². The summed E-state index contributed by atoms with van der Waals surface area (Å²) in [5.74, 6) is -1.46. The average molecular weight is 435 g/mol. The molecular formula is C21H36F6O2. The van der Waals surface area contributed by atoms with Crippen LogP contribution in [0.2, 0.25) is 0 Å². The summed E-state index contributed by atoms with van der Waals surface area (Å²) in [7, 11) is 0. The van der Waals surface area contributed by atoms with Crippen LogP contribution < -0.4 is 0 Å². The SMILES string of the molecule is CCCCCCCCCCCCCCCCCC(=O)OC(C(F)(F)F)C(F)(F)F. The number of carbonyl (C=O) groups is 1. The zero-order valence-corrected chi connectivity index (χ0v) is 17.5. The Hall–Kier alpha value is -0.950. The summed E-state index contributed by atoms with van der Waals surface area (Å²) in [6.45, 7) is 2.21. The van der Waals surface area contributed by atoms with E-state index in [4.69, 9.17) is 0 Å². The Kier molecular flexibility index (Phi) is 15.3. The molecule has 0 bridgehead atoms. The number of rotatable bonds is 17. The number of alkyl halides is 6. The topological polar surface area (TPSA) is 26.3 Å². The lowest BCUT2D eigenvalue weighted by Gasteiger charge is -2.22. The third-order valence-corrected chi connectivity index (χ3v) is 4.83. The summed E-state index contributed by atoms with van der Waals surface area (Å²) >= 11 is 0. The van der Waals surface area contributed by atoms with Crippen molar-refractivity contribution < 1.29 is 35.9 Å². The molecule has 0 aromatic carbocycles. The summed E-state index contributed by atoms with van der Waals surface area (Å²) in [5, 5.41) is 0. The summed E-state index contributed by atoms with van der Waals surface area (Å²) in [4.78, 5) is 11.3. The first-order chi connectivity index (χ1) is 13.6. The summed E-state index contributed by atoms with van der Waals surface area (Å²) in [6.07, 6.45) is 0.576. The molecule has 0 aromatic heterocycles. The van der Waals surface area contributed by atoms with Crippen LogP contribution in [0.15, 0.2) is 0 Å². The van der Waals surface area contributed by atoms with E-state index in [0.29, 0.717) is 6.42 Å². The Morgan fingerprint density at radius 1 is 0.621 bits per heavy atom. The van der Waals surface area contributed by atoms with Gasteiger partial charge in [-0.1, -0.05) is 96.8 Å². The highest BCUT2D eigenvalue weighted by Crippen LogP contribution is 2.36. The van der Waals surface area contributed by atoms with E-state index in [-0.39, 0.29) is 6.42 Å². The number of hydrogen-bond acceptors (Lipinski definition) is 2. The molecule has 0 saturated carbocycles. The lowest BCUT2D eigenvalue weighted by Crippen LogP contribution is -2.45. The molecule has 174 valence electrons. The predicted octanol–water partition coefficient (Wildman–Crippen LogP) is 8.28. The van der Waals surface area contributed by atoms with Crippen molar-refractivity contribution in [3.63, 3.8) is 0 Å².